The van der Waals surface area contributed by atoms with Crippen LogP contribution in [-0.4, -0.2) is 27.6 Å². The highest BCUT2D eigenvalue weighted by Gasteiger charge is 2.18. The third kappa shape index (κ3) is 3.86. The quantitative estimate of drug-likeness (QED) is 0.837. The summed E-state index contributed by atoms with van der Waals surface area (Å²) in [4.78, 5) is 19.7. The lowest BCUT2D eigenvalue weighted by molar-refractivity contribution is -0.138. The van der Waals surface area contributed by atoms with Gasteiger partial charge in [0, 0.05) is 25.5 Å². The first-order valence-electron chi connectivity index (χ1n) is 6.43. The van der Waals surface area contributed by atoms with Crippen LogP contribution in [-0.2, 0) is 11.3 Å². The first-order valence-corrected chi connectivity index (χ1v) is 6.43. The number of nitrogens with zero attached hydrogens (tertiary/aromatic N) is 2. The molecule has 20 heavy (non-hydrogen) atoms. The average Bonchev–Trinajstić information content (AvgIpc) is 2.46. The minimum absolute atomic E-state index is 0.356. The summed E-state index contributed by atoms with van der Waals surface area (Å²) in [6.45, 7) is 2.73. The van der Waals surface area contributed by atoms with Crippen molar-refractivity contribution in [3.05, 3.63) is 59.7 Å². The second-order valence-electron chi connectivity index (χ2n) is 4.58. The molecule has 1 heterocycles. The number of aromatic nitrogens is 2. The number of rotatable bonds is 6. The Bertz CT molecular complexity index is 555. The Labute approximate surface area is 117 Å². The van der Waals surface area contributed by atoms with E-state index in [0.717, 1.165) is 17.0 Å². The van der Waals surface area contributed by atoms with Crippen LogP contribution in [0, 0.1) is 6.92 Å². The molecular formula is C15H17N3O2. The average molecular weight is 271 g/mol. The van der Waals surface area contributed by atoms with E-state index in [0.29, 0.717) is 13.1 Å². The molecule has 1 unspecified atom stereocenters. The molecule has 0 spiro atoms. The third-order valence-corrected chi connectivity index (χ3v) is 2.99. The summed E-state index contributed by atoms with van der Waals surface area (Å²) in [5.74, 6) is -1.40. The van der Waals surface area contributed by atoms with Crippen molar-refractivity contribution in [1.82, 2.24) is 15.3 Å². The van der Waals surface area contributed by atoms with Crippen LogP contribution in [0.1, 0.15) is 22.9 Å². The molecular weight excluding hydrogens is 254 g/mol. The number of carbonyl (C=O) groups is 1. The van der Waals surface area contributed by atoms with Crippen LogP contribution < -0.4 is 5.32 Å². The second kappa shape index (κ2) is 6.77. The van der Waals surface area contributed by atoms with Crippen molar-refractivity contribution in [2.24, 2.45) is 0 Å². The Kier molecular flexibility index (Phi) is 4.79. The van der Waals surface area contributed by atoms with Crippen LogP contribution in [0.5, 0.6) is 0 Å². The highest BCUT2D eigenvalue weighted by Crippen LogP contribution is 2.14. The molecule has 0 saturated heterocycles. The van der Waals surface area contributed by atoms with Crippen molar-refractivity contribution >= 4 is 5.97 Å². The molecule has 2 rings (SSSR count). The summed E-state index contributed by atoms with van der Waals surface area (Å²) in [6, 6.07) is 9.21. The molecule has 0 bridgehead atoms. The lowest BCUT2D eigenvalue weighted by Crippen LogP contribution is -2.26. The van der Waals surface area contributed by atoms with Gasteiger partial charge in [0.05, 0.1) is 17.3 Å². The van der Waals surface area contributed by atoms with Gasteiger partial charge in [0.25, 0.3) is 0 Å². The van der Waals surface area contributed by atoms with Gasteiger partial charge in [-0.05, 0) is 12.5 Å². The van der Waals surface area contributed by atoms with Gasteiger partial charge in [-0.2, -0.15) is 0 Å². The van der Waals surface area contributed by atoms with Gasteiger partial charge in [-0.1, -0.05) is 30.3 Å². The number of hydrogen-bond acceptors (Lipinski definition) is 4. The minimum Gasteiger partial charge on any atom is -0.481 e. The van der Waals surface area contributed by atoms with E-state index in [1.807, 2.05) is 37.3 Å². The van der Waals surface area contributed by atoms with E-state index >= 15 is 0 Å². The van der Waals surface area contributed by atoms with Crippen LogP contribution in [0.25, 0.3) is 0 Å². The normalized spacial score (nSPS) is 12.1. The van der Waals surface area contributed by atoms with Gasteiger partial charge in [-0.15, -0.1) is 0 Å². The maximum Gasteiger partial charge on any atom is 0.312 e. The van der Waals surface area contributed by atoms with Crippen LogP contribution in [0.3, 0.4) is 0 Å². The molecule has 5 nitrogen and oxygen atoms in total. The zero-order valence-corrected chi connectivity index (χ0v) is 11.3. The van der Waals surface area contributed by atoms with E-state index in [-0.39, 0.29) is 0 Å². The molecule has 5 heteroatoms. The summed E-state index contributed by atoms with van der Waals surface area (Å²) in [6.07, 6.45) is 3.39. The molecule has 2 N–H and O–H groups in total. The van der Waals surface area contributed by atoms with E-state index in [4.69, 9.17) is 0 Å². The lowest BCUT2D eigenvalue weighted by atomic mass is 9.99. The highest BCUT2D eigenvalue weighted by atomic mass is 16.4. The van der Waals surface area contributed by atoms with Crippen LogP contribution in [0.2, 0.25) is 0 Å². The Hall–Kier alpha value is -2.27. The molecule has 0 fully saturated rings. The number of carboxylic acid groups (broad SMARTS) is 1. The SMILES string of the molecule is Cc1cnc(CNCC(C(=O)O)c2ccccc2)cn1. The number of aliphatic carboxylic acids is 1. The summed E-state index contributed by atoms with van der Waals surface area (Å²) in [7, 11) is 0. The van der Waals surface area contributed by atoms with Crippen LogP contribution in [0.15, 0.2) is 42.7 Å². The first kappa shape index (κ1) is 14.1. The van der Waals surface area contributed by atoms with E-state index in [2.05, 4.69) is 15.3 Å². The fraction of sp³-hybridized carbons (Fsp3) is 0.267. The van der Waals surface area contributed by atoms with Gasteiger partial charge in [-0.25, -0.2) is 0 Å². The topological polar surface area (TPSA) is 75.1 Å². The Morgan fingerprint density at radius 2 is 2.00 bits per heavy atom. The minimum atomic E-state index is -0.835. The molecule has 0 saturated carbocycles. The van der Waals surface area contributed by atoms with Gasteiger partial charge in [0.1, 0.15) is 0 Å². The molecule has 0 radical (unpaired) electrons. The van der Waals surface area contributed by atoms with E-state index in [1.54, 1.807) is 12.4 Å². The van der Waals surface area contributed by atoms with Gasteiger partial charge in [-0.3, -0.25) is 14.8 Å². The fourth-order valence-corrected chi connectivity index (χ4v) is 1.89. The Morgan fingerprint density at radius 1 is 1.25 bits per heavy atom. The number of hydrogen-bond donors (Lipinski definition) is 2. The summed E-state index contributed by atoms with van der Waals surface area (Å²) < 4.78 is 0. The molecule has 2 aromatic rings. The van der Waals surface area contributed by atoms with Crippen molar-refractivity contribution in [2.75, 3.05) is 6.54 Å². The van der Waals surface area contributed by atoms with Gasteiger partial charge < -0.3 is 10.4 Å². The predicted molar refractivity (Wildman–Crippen MR) is 75.3 cm³/mol. The second-order valence-corrected chi connectivity index (χ2v) is 4.58. The molecule has 1 atom stereocenters. The molecule has 0 aliphatic rings. The van der Waals surface area contributed by atoms with Crippen molar-refractivity contribution in [3.8, 4) is 0 Å². The lowest BCUT2D eigenvalue weighted by Gasteiger charge is -2.13. The molecule has 0 amide bonds. The van der Waals surface area contributed by atoms with E-state index in [9.17, 15) is 9.90 Å². The molecule has 104 valence electrons. The van der Waals surface area contributed by atoms with Crippen molar-refractivity contribution in [2.45, 2.75) is 19.4 Å². The van der Waals surface area contributed by atoms with Crippen LogP contribution >= 0.6 is 0 Å². The van der Waals surface area contributed by atoms with E-state index < -0.39 is 11.9 Å². The molecule has 1 aromatic heterocycles. The molecule has 0 aliphatic heterocycles. The smallest absolute Gasteiger partial charge is 0.312 e. The zero-order chi connectivity index (χ0) is 14.4. The zero-order valence-electron chi connectivity index (χ0n) is 11.3. The van der Waals surface area contributed by atoms with Crippen molar-refractivity contribution in [3.63, 3.8) is 0 Å². The van der Waals surface area contributed by atoms with Crippen LogP contribution in [0.4, 0.5) is 0 Å². The third-order valence-electron chi connectivity index (χ3n) is 2.99. The van der Waals surface area contributed by atoms with Gasteiger partial charge >= 0.3 is 5.97 Å². The summed E-state index contributed by atoms with van der Waals surface area (Å²) >= 11 is 0. The fourth-order valence-electron chi connectivity index (χ4n) is 1.89. The predicted octanol–water partition coefficient (Wildman–Crippen LogP) is 1.74. The Balaban J connectivity index is 1.93. The maximum atomic E-state index is 11.3. The number of benzene rings is 1. The summed E-state index contributed by atoms with van der Waals surface area (Å²) in [5, 5.41) is 12.4. The van der Waals surface area contributed by atoms with Gasteiger partial charge in [0.15, 0.2) is 0 Å². The molecule has 1 aromatic carbocycles. The number of aryl methyl sites for hydroxylation is 1. The standard InChI is InChI=1S/C15H17N3O2/c1-11-7-18-13(9-17-11)8-16-10-14(15(19)20)12-5-3-2-4-6-12/h2-7,9,14,16H,8,10H2,1H3,(H,19,20). The Morgan fingerprint density at radius 3 is 2.60 bits per heavy atom. The number of carboxylic acids is 1. The molecule has 0 aliphatic carbocycles. The van der Waals surface area contributed by atoms with E-state index in [1.165, 1.54) is 0 Å². The van der Waals surface area contributed by atoms with Crippen molar-refractivity contribution < 1.29 is 9.90 Å². The monoisotopic (exact) mass is 271 g/mol. The number of nitrogens with one attached hydrogen (secondary N) is 1. The van der Waals surface area contributed by atoms with Crippen molar-refractivity contribution in [1.29, 1.82) is 0 Å². The highest BCUT2D eigenvalue weighted by molar-refractivity contribution is 5.76. The first-order chi connectivity index (χ1) is 9.66. The summed E-state index contributed by atoms with van der Waals surface area (Å²) in [5.41, 5.74) is 2.46. The maximum absolute atomic E-state index is 11.3. The largest absolute Gasteiger partial charge is 0.481 e. The van der Waals surface area contributed by atoms with Gasteiger partial charge in [0.2, 0.25) is 0 Å².